The van der Waals surface area contributed by atoms with Gasteiger partial charge >= 0.3 is 0 Å². The Kier molecular flexibility index (Phi) is 5.37. The van der Waals surface area contributed by atoms with E-state index in [1.807, 2.05) is 29.8 Å². The summed E-state index contributed by atoms with van der Waals surface area (Å²) in [6, 6.07) is 17.4. The molecule has 0 unspecified atom stereocenters. The summed E-state index contributed by atoms with van der Waals surface area (Å²) in [5, 5.41) is 17.1. The van der Waals surface area contributed by atoms with E-state index in [1.165, 1.54) is 12.5 Å². The summed E-state index contributed by atoms with van der Waals surface area (Å²) in [5.74, 6) is -0.0322. The van der Waals surface area contributed by atoms with Crippen molar-refractivity contribution >= 4 is 11.5 Å². The van der Waals surface area contributed by atoms with E-state index in [1.54, 1.807) is 18.2 Å². The minimum atomic E-state index is -0.0322. The predicted octanol–water partition coefficient (Wildman–Crippen LogP) is 4.23. The molecular weight excluding hydrogens is 336 g/mol. The average Bonchev–Trinajstić information content (AvgIpc) is 2.93. The van der Waals surface area contributed by atoms with Crippen LogP contribution in [0.25, 0.3) is 0 Å². The van der Waals surface area contributed by atoms with Crippen LogP contribution in [0.4, 0.5) is 5.69 Å². The molecule has 0 saturated heterocycles. The van der Waals surface area contributed by atoms with E-state index < -0.39 is 0 Å². The maximum atomic E-state index is 11.9. The standard InChI is InChI=1S/C22H22N4O/c1-15-21(16(2)26(25-15)14-18-7-5-4-6-8-18)13-24-22-11-19(12-23)9-10-20(22)17(3)27/h4-11,24H,13-14H2,1-3H3. The second kappa shape index (κ2) is 7.88. The van der Waals surface area contributed by atoms with Crippen molar-refractivity contribution in [3.63, 3.8) is 0 Å². The molecule has 0 amide bonds. The Hall–Kier alpha value is -3.39. The van der Waals surface area contributed by atoms with Gasteiger partial charge in [-0.15, -0.1) is 0 Å². The van der Waals surface area contributed by atoms with E-state index in [-0.39, 0.29) is 5.78 Å². The molecule has 0 spiro atoms. The number of aryl methyl sites for hydroxylation is 1. The van der Waals surface area contributed by atoms with Crippen LogP contribution in [-0.4, -0.2) is 15.6 Å². The Labute approximate surface area is 159 Å². The molecule has 0 saturated carbocycles. The summed E-state index contributed by atoms with van der Waals surface area (Å²) in [4.78, 5) is 11.9. The molecule has 5 nitrogen and oxygen atoms in total. The lowest BCUT2D eigenvalue weighted by Crippen LogP contribution is -2.08. The number of nitriles is 1. The van der Waals surface area contributed by atoms with E-state index >= 15 is 0 Å². The van der Waals surface area contributed by atoms with Gasteiger partial charge in [-0.2, -0.15) is 10.4 Å². The second-order valence-electron chi connectivity index (χ2n) is 6.57. The third-order valence-electron chi connectivity index (χ3n) is 4.69. The zero-order valence-electron chi connectivity index (χ0n) is 15.8. The predicted molar refractivity (Wildman–Crippen MR) is 106 cm³/mol. The van der Waals surface area contributed by atoms with Crippen molar-refractivity contribution in [1.82, 2.24) is 9.78 Å². The molecule has 0 radical (unpaired) electrons. The molecule has 3 rings (SSSR count). The van der Waals surface area contributed by atoms with Gasteiger partial charge in [-0.05, 0) is 44.5 Å². The lowest BCUT2D eigenvalue weighted by atomic mass is 10.1. The number of ketones is 1. The first-order valence-electron chi connectivity index (χ1n) is 8.85. The number of Topliss-reactive ketones (excluding diaryl/α,β-unsaturated/α-hetero) is 1. The van der Waals surface area contributed by atoms with Crippen LogP contribution in [0, 0.1) is 25.2 Å². The van der Waals surface area contributed by atoms with Gasteiger partial charge in [0.1, 0.15) is 0 Å². The van der Waals surface area contributed by atoms with E-state index in [9.17, 15) is 4.79 Å². The van der Waals surface area contributed by atoms with Crippen LogP contribution in [0.5, 0.6) is 0 Å². The fourth-order valence-electron chi connectivity index (χ4n) is 3.15. The quantitative estimate of drug-likeness (QED) is 0.669. The molecule has 1 heterocycles. The number of hydrogen-bond donors (Lipinski definition) is 1. The zero-order valence-corrected chi connectivity index (χ0v) is 15.8. The Balaban J connectivity index is 1.83. The fraction of sp³-hybridized carbons (Fsp3) is 0.227. The maximum Gasteiger partial charge on any atom is 0.161 e. The van der Waals surface area contributed by atoms with Crippen LogP contribution in [-0.2, 0) is 13.1 Å². The highest BCUT2D eigenvalue weighted by atomic mass is 16.1. The normalized spacial score (nSPS) is 10.4. The first-order valence-corrected chi connectivity index (χ1v) is 8.85. The second-order valence-corrected chi connectivity index (χ2v) is 6.57. The molecule has 5 heteroatoms. The minimum Gasteiger partial charge on any atom is -0.380 e. The summed E-state index contributed by atoms with van der Waals surface area (Å²) in [7, 11) is 0. The number of rotatable bonds is 6. The first kappa shape index (κ1) is 18.4. The van der Waals surface area contributed by atoms with E-state index in [0.29, 0.717) is 23.4 Å². The molecular formula is C22H22N4O. The summed E-state index contributed by atoms with van der Waals surface area (Å²) in [6.07, 6.45) is 0. The third-order valence-corrected chi connectivity index (χ3v) is 4.69. The van der Waals surface area contributed by atoms with Gasteiger partial charge in [-0.3, -0.25) is 9.48 Å². The van der Waals surface area contributed by atoms with Crippen molar-refractivity contribution in [3.05, 3.63) is 82.2 Å². The highest BCUT2D eigenvalue weighted by molar-refractivity contribution is 5.99. The molecule has 0 aliphatic carbocycles. The van der Waals surface area contributed by atoms with E-state index in [2.05, 4.69) is 35.5 Å². The van der Waals surface area contributed by atoms with Gasteiger partial charge in [-0.1, -0.05) is 30.3 Å². The van der Waals surface area contributed by atoms with Crippen LogP contribution in [0.3, 0.4) is 0 Å². The fourth-order valence-corrected chi connectivity index (χ4v) is 3.15. The van der Waals surface area contributed by atoms with Gasteiger partial charge in [0.2, 0.25) is 0 Å². The first-order chi connectivity index (χ1) is 13.0. The maximum absolute atomic E-state index is 11.9. The molecule has 27 heavy (non-hydrogen) atoms. The number of nitrogens with zero attached hydrogens (tertiary/aromatic N) is 3. The number of nitrogens with one attached hydrogen (secondary N) is 1. The van der Waals surface area contributed by atoms with Gasteiger partial charge in [0.05, 0.1) is 23.9 Å². The van der Waals surface area contributed by atoms with E-state index in [4.69, 9.17) is 5.26 Å². The van der Waals surface area contributed by atoms with Gasteiger partial charge in [0.25, 0.3) is 0 Å². The highest BCUT2D eigenvalue weighted by Crippen LogP contribution is 2.21. The molecule has 0 aliphatic heterocycles. The summed E-state index contributed by atoms with van der Waals surface area (Å²) >= 11 is 0. The Morgan fingerprint density at radius 3 is 2.59 bits per heavy atom. The van der Waals surface area contributed by atoms with Gasteiger partial charge in [0.15, 0.2) is 5.78 Å². The average molecular weight is 358 g/mol. The smallest absolute Gasteiger partial charge is 0.161 e. The van der Waals surface area contributed by atoms with Gasteiger partial charge < -0.3 is 5.32 Å². The summed E-state index contributed by atoms with van der Waals surface area (Å²) < 4.78 is 2.00. The lowest BCUT2D eigenvalue weighted by molar-refractivity contribution is 0.101. The van der Waals surface area contributed by atoms with Crippen molar-refractivity contribution in [2.75, 3.05) is 5.32 Å². The topological polar surface area (TPSA) is 70.7 Å². The Bertz CT molecular complexity index is 1010. The van der Waals surface area contributed by atoms with Crippen molar-refractivity contribution in [3.8, 4) is 6.07 Å². The molecule has 2 aromatic carbocycles. The van der Waals surface area contributed by atoms with Crippen molar-refractivity contribution in [2.24, 2.45) is 0 Å². The molecule has 0 bridgehead atoms. The lowest BCUT2D eigenvalue weighted by Gasteiger charge is -2.11. The van der Waals surface area contributed by atoms with Crippen molar-refractivity contribution in [2.45, 2.75) is 33.9 Å². The molecule has 0 aliphatic rings. The number of aromatic nitrogens is 2. The number of benzene rings is 2. The molecule has 3 aromatic rings. The largest absolute Gasteiger partial charge is 0.380 e. The Morgan fingerprint density at radius 2 is 1.93 bits per heavy atom. The molecule has 1 N–H and O–H groups in total. The minimum absolute atomic E-state index is 0.0322. The van der Waals surface area contributed by atoms with Crippen LogP contribution < -0.4 is 5.32 Å². The Morgan fingerprint density at radius 1 is 1.19 bits per heavy atom. The third kappa shape index (κ3) is 4.06. The van der Waals surface area contributed by atoms with Crippen molar-refractivity contribution < 1.29 is 4.79 Å². The zero-order chi connectivity index (χ0) is 19.4. The van der Waals surface area contributed by atoms with Crippen LogP contribution in [0.2, 0.25) is 0 Å². The number of anilines is 1. The van der Waals surface area contributed by atoms with Crippen LogP contribution in [0.15, 0.2) is 48.5 Å². The van der Waals surface area contributed by atoms with E-state index in [0.717, 1.165) is 23.5 Å². The monoisotopic (exact) mass is 358 g/mol. The molecule has 0 fully saturated rings. The number of carbonyl (C=O) groups excluding carboxylic acids is 1. The summed E-state index contributed by atoms with van der Waals surface area (Å²) in [6.45, 7) is 6.83. The van der Waals surface area contributed by atoms with Crippen molar-refractivity contribution in [1.29, 1.82) is 5.26 Å². The van der Waals surface area contributed by atoms with Gasteiger partial charge in [-0.25, -0.2) is 0 Å². The molecule has 0 atom stereocenters. The summed E-state index contributed by atoms with van der Waals surface area (Å²) in [5.41, 5.74) is 6.13. The molecule has 136 valence electrons. The van der Waals surface area contributed by atoms with Crippen LogP contribution in [0.1, 0.15) is 45.4 Å². The number of hydrogen-bond acceptors (Lipinski definition) is 4. The highest BCUT2D eigenvalue weighted by Gasteiger charge is 2.14. The molecule has 1 aromatic heterocycles. The number of carbonyl (C=O) groups is 1. The SMILES string of the molecule is CC(=O)c1ccc(C#N)cc1NCc1c(C)nn(Cc2ccccc2)c1C. The van der Waals surface area contributed by atoms with Gasteiger partial charge in [0, 0.05) is 29.1 Å². The van der Waals surface area contributed by atoms with Crippen LogP contribution >= 0.6 is 0 Å².